The molecular weight excluding hydrogens is 532 g/mol. The Labute approximate surface area is 240 Å². The van der Waals surface area contributed by atoms with Crippen LogP contribution in [0.1, 0.15) is 57.9 Å². The van der Waals surface area contributed by atoms with Crippen LogP contribution in [0.15, 0.2) is 29.3 Å². The Hall–Kier alpha value is -3.91. The van der Waals surface area contributed by atoms with Crippen LogP contribution in [0.25, 0.3) is 0 Å². The Morgan fingerprint density at radius 1 is 0.854 bits per heavy atom. The number of hydrogen-bond acceptors (Lipinski definition) is 8. The van der Waals surface area contributed by atoms with Gasteiger partial charge in [-0.15, -0.1) is 0 Å². The minimum atomic E-state index is -1.26. The lowest BCUT2D eigenvalue weighted by Crippen LogP contribution is -2.57. The van der Waals surface area contributed by atoms with Gasteiger partial charge in [0.1, 0.15) is 23.9 Å². The smallest absolute Gasteiger partial charge is 0.326 e. The number of benzene rings is 1. The topological polar surface area (TPSA) is 261 Å². The lowest BCUT2D eigenvalue weighted by atomic mass is 10.00. The van der Waals surface area contributed by atoms with Crippen molar-refractivity contribution in [2.45, 2.75) is 83.0 Å². The number of carbonyl (C=O) groups is 4. The largest absolute Gasteiger partial charge is 0.508 e. The fourth-order valence-corrected chi connectivity index (χ4v) is 4.00. The Morgan fingerprint density at radius 2 is 1.44 bits per heavy atom. The predicted octanol–water partition coefficient (Wildman–Crippen LogP) is -0.970. The van der Waals surface area contributed by atoms with Gasteiger partial charge in [-0.1, -0.05) is 32.4 Å². The van der Waals surface area contributed by atoms with Crippen LogP contribution in [0.5, 0.6) is 5.75 Å². The van der Waals surface area contributed by atoms with Crippen LogP contribution in [-0.2, 0) is 25.6 Å². The first-order valence-corrected chi connectivity index (χ1v) is 13.8. The van der Waals surface area contributed by atoms with Crippen molar-refractivity contribution in [2.75, 3.05) is 13.1 Å². The summed E-state index contributed by atoms with van der Waals surface area (Å²) in [4.78, 5) is 55.1. The number of aliphatic imine (C=N–C) groups is 1. The minimum absolute atomic E-state index is 0.000853. The molecule has 0 aromatic heterocycles. The molecule has 4 unspecified atom stereocenters. The van der Waals surface area contributed by atoms with Crippen molar-refractivity contribution in [3.63, 3.8) is 0 Å². The lowest BCUT2D eigenvalue weighted by molar-refractivity contribution is -0.142. The Kier molecular flexibility index (Phi) is 15.8. The van der Waals surface area contributed by atoms with E-state index >= 15 is 0 Å². The van der Waals surface area contributed by atoms with Gasteiger partial charge >= 0.3 is 5.97 Å². The standard InChI is InChI=1S/C27H46N8O6/c1-16(2)14-21(34-23(37)19(29)6-3-4-12-28)24(38)35-22(15-17-8-10-18(36)11-9-17)25(39)33-20(26(40)41)7-5-13-32-27(30)31/h8-11,16,19-22,36H,3-7,12-15,28-29H2,1-2H3,(H,33,39)(H,34,37)(H,35,38)(H,40,41)(H4,30,31,32). The van der Waals surface area contributed by atoms with Crippen LogP contribution in [0.3, 0.4) is 0 Å². The molecule has 0 spiro atoms. The first kappa shape index (κ1) is 35.1. The number of aromatic hydroxyl groups is 1. The highest BCUT2D eigenvalue weighted by Gasteiger charge is 2.30. The van der Waals surface area contributed by atoms with Crippen molar-refractivity contribution >= 4 is 29.7 Å². The Bertz CT molecular complexity index is 1010. The van der Waals surface area contributed by atoms with E-state index < -0.39 is 47.9 Å². The normalized spacial score (nSPS) is 13.9. The summed E-state index contributed by atoms with van der Waals surface area (Å²) < 4.78 is 0. The third kappa shape index (κ3) is 14.3. The van der Waals surface area contributed by atoms with Gasteiger partial charge in [-0.05, 0) is 62.3 Å². The monoisotopic (exact) mass is 578 g/mol. The number of rotatable bonds is 19. The lowest BCUT2D eigenvalue weighted by Gasteiger charge is -2.26. The first-order chi connectivity index (χ1) is 19.3. The van der Waals surface area contributed by atoms with Crippen molar-refractivity contribution in [3.8, 4) is 5.75 Å². The van der Waals surface area contributed by atoms with Gasteiger partial charge in [-0.3, -0.25) is 19.4 Å². The van der Waals surface area contributed by atoms with Crippen molar-refractivity contribution < 1.29 is 29.4 Å². The molecule has 0 heterocycles. The van der Waals surface area contributed by atoms with E-state index in [1.807, 2.05) is 13.8 Å². The molecule has 0 aliphatic heterocycles. The van der Waals surface area contributed by atoms with E-state index in [4.69, 9.17) is 22.9 Å². The Morgan fingerprint density at radius 3 is 2.00 bits per heavy atom. The molecular formula is C27H46N8O6. The SMILES string of the molecule is CC(C)CC(NC(=O)C(N)CCCCN)C(=O)NC(Cc1ccc(O)cc1)C(=O)NC(CCCN=C(N)N)C(=O)O. The van der Waals surface area contributed by atoms with Gasteiger partial charge in [0.25, 0.3) is 0 Å². The molecule has 0 aliphatic carbocycles. The molecule has 4 atom stereocenters. The number of carboxylic acid groups (broad SMARTS) is 1. The summed E-state index contributed by atoms with van der Waals surface area (Å²) >= 11 is 0. The number of aliphatic carboxylic acids is 1. The van der Waals surface area contributed by atoms with Crippen LogP contribution in [0.4, 0.5) is 0 Å². The number of phenolic OH excluding ortho intramolecular Hbond substituents is 1. The molecule has 230 valence electrons. The molecule has 0 fully saturated rings. The van der Waals surface area contributed by atoms with Gasteiger partial charge in [0.2, 0.25) is 17.7 Å². The second-order valence-electron chi connectivity index (χ2n) is 10.4. The van der Waals surface area contributed by atoms with Crippen molar-refractivity contribution in [1.82, 2.24) is 16.0 Å². The maximum absolute atomic E-state index is 13.4. The molecule has 14 nitrogen and oxygen atoms in total. The highest BCUT2D eigenvalue weighted by Crippen LogP contribution is 2.13. The summed E-state index contributed by atoms with van der Waals surface area (Å²) in [5.74, 6) is -3.18. The summed E-state index contributed by atoms with van der Waals surface area (Å²) in [6.45, 7) is 4.43. The molecule has 13 N–H and O–H groups in total. The van der Waals surface area contributed by atoms with Gasteiger partial charge < -0.3 is 49.1 Å². The van der Waals surface area contributed by atoms with E-state index in [2.05, 4.69) is 20.9 Å². The van der Waals surface area contributed by atoms with E-state index in [-0.39, 0.29) is 49.9 Å². The van der Waals surface area contributed by atoms with E-state index in [9.17, 15) is 29.4 Å². The zero-order chi connectivity index (χ0) is 30.9. The van der Waals surface area contributed by atoms with Crippen molar-refractivity contribution in [3.05, 3.63) is 29.8 Å². The number of guanidine groups is 1. The second kappa shape index (κ2) is 18.4. The number of hydrogen-bond donors (Lipinski definition) is 9. The fourth-order valence-electron chi connectivity index (χ4n) is 4.00. The Balaban J connectivity index is 3.10. The molecule has 0 saturated heterocycles. The number of unbranched alkanes of at least 4 members (excludes halogenated alkanes) is 1. The summed E-state index contributed by atoms with van der Waals surface area (Å²) in [6.07, 6.45) is 2.41. The van der Waals surface area contributed by atoms with Gasteiger partial charge in [-0.2, -0.15) is 0 Å². The van der Waals surface area contributed by atoms with Crippen LogP contribution >= 0.6 is 0 Å². The molecule has 0 saturated carbocycles. The van der Waals surface area contributed by atoms with Crippen molar-refractivity contribution in [1.29, 1.82) is 0 Å². The van der Waals surface area contributed by atoms with Gasteiger partial charge in [-0.25, -0.2) is 4.79 Å². The number of nitrogens with zero attached hydrogens (tertiary/aromatic N) is 1. The predicted molar refractivity (Wildman–Crippen MR) is 155 cm³/mol. The highest BCUT2D eigenvalue weighted by molar-refractivity contribution is 5.94. The summed E-state index contributed by atoms with van der Waals surface area (Å²) in [6, 6.07) is 1.79. The quantitative estimate of drug-likeness (QED) is 0.0551. The number of phenols is 1. The summed E-state index contributed by atoms with van der Waals surface area (Å²) in [7, 11) is 0. The van der Waals surface area contributed by atoms with E-state index in [0.29, 0.717) is 24.9 Å². The third-order valence-corrected chi connectivity index (χ3v) is 6.22. The van der Waals surface area contributed by atoms with Crippen molar-refractivity contribution in [2.24, 2.45) is 33.8 Å². The molecule has 1 aromatic rings. The van der Waals surface area contributed by atoms with Gasteiger partial charge in [0.15, 0.2) is 5.96 Å². The van der Waals surface area contributed by atoms with E-state index in [1.165, 1.54) is 12.1 Å². The fraction of sp³-hybridized carbons (Fsp3) is 0.593. The van der Waals surface area contributed by atoms with E-state index in [0.717, 1.165) is 6.42 Å². The van der Waals surface area contributed by atoms with Crippen LogP contribution in [-0.4, -0.2) is 77.1 Å². The third-order valence-electron chi connectivity index (χ3n) is 6.22. The minimum Gasteiger partial charge on any atom is -0.508 e. The average molecular weight is 579 g/mol. The molecule has 0 bridgehead atoms. The molecule has 0 aliphatic rings. The number of nitrogens with one attached hydrogen (secondary N) is 3. The van der Waals surface area contributed by atoms with Gasteiger partial charge in [0, 0.05) is 13.0 Å². The molecule has 14 heteroatoms. The second-order valence-corrected chi connectivity index (χ2v) is 10.4. The van der Waals surface area contributed by atoms with Gasteiger partial charge in [0.05, 0.1) is 6.04 Å². The molecule has 0 radical (unpaired) electrons. The summed E-state index contributed by atoms with van der Waals surface area (Å²) in [5, 5.41) is 27.1. The molecule has 1 aromatic carbocycles. The number of amides is 3. The zero-order valence-electron chi connectivity index (χ0n) is 23.8. The number of carboxylic acids is 1. The molecule has 41 heavy (non-hydrogen) atoms. The summed E-state index contributed by atoms with van der Waals surface area (Å²) in [5.41, 5.74) is 22.7. The highest BCUT2D eigenvalue weighted by atomic mass is 16.4. The molecule has 3 amide bonds. The maximum atomic E-state index is 13.4. The maximum Gasteiger partial charge on any atom is 0.326 e. The van der Waals surface area contributed by atoms with Crippen LogP contribution in [0.2, 0.25) is 0 Å². The van der Waals surface area contributed by atoms with E-state index in [1.54, 1.807) is 12.1 Å². The molecule has 1 rings (SSSR count). The average Bonchev–Trinajstić information content (AvgIpc) is 2.90. The van der Waals surface area contributed by atoms with Crippen LogP contribution < -0.4 is 38.9 Å². The number of nitrogens with two attached hydrogens (primary N) is 4. The van der Waals surface area contributed by atoms with Crippen LogP contribution in [0, 0.1) is 5.92 Å². The zero-order valence-corrected chi connectivity index (χ0v) is 23.8. The first-order valence-electron chi connectivity index (χ1n) is 13.8. The number of carbonyl (C=O) groups excluding carboxylic acids is 3.